The van der Waals surface area contributed by atoms with Crippen molar-refractivity contribution < 1.29 is 19.1 Å². The quantitative estimate of drug-likeness (QED) is 0.494. The zero-order valence-electron chi connectivity index (χ0n) is 16.1. The minimum absolute atomic E-state index is 0.0982. The number of benzene rings is 1. The van der Waals surface area contributed by atoms with Crippen LogP contribution in [0, 0.1) is 0 Å². The van der Waals surface area contributed by atoms with E-state index in [1.165, 1.54) is 9.80 Å². The summed E-state index contributed by atoms with van der Waals surface area (Å²) in [5, 5.41) is 6.14. The van der Waals surface area contributed by atoms with Crippen LogP contribution in [0.1, 0.15) is 11.6 Å². The number of halogens is 1. The largest absolute Gasteiger partial charge is 0.383 e. The van der Waals surface area contributed by atoms with Crippen LogP contribution in [0.25, 0.3) is 0 Å². The van der Waals surface area contributed by atoms with E-state index in [0.29, 0.717) is 29.4 Å². The molecule has 2 aliphatic heterocycles. The monoisotopic (exact) mass is 418 g/mol. The molecule has 1 atom stereocenters. The predicted octanol–water partition coefficient (Wildman–Crippen LogP) is 1.45. The molecule has 0 bridgehead atoms. The van der Waals surface area contributed by atoms with Crippen molar-refractivity contribution >= 4 is 29.4 Å². The van der Waals surface area contributed by atoms with E-state index in [0.717, 1.165) is 5.56 Å². The summed E-state index contributed by atoms with van der Waals surface area (Å²) in [4.78, 5) is 40.9. The molecule has 0 aromatic heterocycles. The highest BCUT2D eigenvalue weighted by atomic mass is 35.5. The molecule has 2 N–H and O–H groups in total. The van der Waals surface area contributed by atoms with E-state index in [2.05, 4.69) is 17.2 Å². The standard InChI is InChI=1S/C20H23ClN4O4/c1-3-9-25-15-11-24(12-16(26)22-8-10-29-2)19(27)17(15)18(23-20(25)28)13-4-6-14(21)7-5-13/h3-7,18H,1,8-12H2,2H3,(H,22,26)(H,23,28). The highest BCUT2D eigenvalue weighted by Crippen LogP contribution is 2.36. The van der Waals surface area contributed by atoms with Crippen LogP contribution < -0.4 is 10.6 Å². The lowest BCUT2D eigenvalue weighted by atomic mass is 9.95. The predicted molar refractivity (Wildman–Crippen MR) is 108 cm³/mol. The Morgan fingerprint density at radius 3 is 2.76 bits per heavy atom. The van der Waals surface area contributed by atoms with Gasteiger partial charge in [0.25, 0.3) is 5.91 Å². The first-order valence-electron chi connectivity index (χ1n) is 9.18. The molecule has 0 aliphatic carbocycles. The van der Waals surface area contributed by atoms with Crippen LogP contribution >= 0.6 is 11.6 Å². The van der Waals surface area contributed by atoms with Gasteiger partial charge in [0.2, 0.25) is 5.91 Å². The van der Waals surface area contributed by atoms with Gasteiger partial charge in [-0.15, -0.1) is 6.58 Å². The third kappa shape index (κ3) is 4.44. The molecule has 8 nitrogen and oxygen atoms in total. The molecule has 9 heteroatoms. The highest BCUT2D eigenvalue weighted by molar-refractivity contribution is 6.30. The number of nitrogens with zero attached hydrogens (tertiary/aromatic N) is 2. The number of hydrogen-bond donors (Lipinski definition) is 2. The molecule has 0 saturated heterocycles. The van der Waals surface area contributed by atoms with Crippen molar-refractivity contribution in [1.82, 2.24) is 20.4 Å². The first-order valence-corrected chi connectivity index (χ1v) is 9.56. The Labute approximate surface area is 174 Å². The summed E-state index contributed by atoms with van der Waals surface area (Å²) >= 11 is 5.97. The van der Waals surface area contributed by atoms with E-state index < -0.39 is 6.04 Å². The van der Waals surface area contributed by atoms with Crippen LogP contribution in [-0.4, -0.2) is 67.5 Å². The number of rotatable bonds is 8. The topological polar surface area (TPSA) is 91.0 Å². The van der Waals surface area contributed by atoms with Crippen molar-refractivity contribution in [2.45, 2.75) is 6.04 Å². The number of methoxy groups -OCH3 is 1. The third-order valence-electron chi connectivity index (χ3n) is 4.77. The molecule has 29 heavy (non-hydrogen) atoms. The summed E-state index contributed by atoms with van der Waals surface area (Å²) in [5.41, 5.74) is 1.79. The van der Waals surface area contributed by atoms with Crippen molar-refractivity contribution in [3.63, 3.8) is 0 Å². The number of hydrogen-bond acceptors (Lipinski definition) is 4. The molecular weight excluding hydrogens is 396 g/mol. The van der Waals surface area contributed by atoms with Gasteiger partial charge in [0.05, 0.1) is 30.5 Å². The van der Waals surface area contributed by atoms with Gasteiger partial charge in [-0.05, 0) is 17.7 Å². The van der Waals surface area contributed by atoms with Crippen molar-refractivity contribution in [2.75, 3.05) is 39.9 Å². The van der Waals surface area contributed by atoms with Gasteiger partial charge in [-0.3, -0.25) is 14.5 Å². The lowest BCUT2D eigenvalue weighted by Crippen LogP contribution is -2.47. The third-order valence-corrected chi connectivity index (χ3v) is 5.03. The van der Waals surface area contributed by atoms with Crippen LogP contribution in [0.2, 0.25) is 5.02 Å². The average molecular weight is 419 g/mol. The number of amides is 4. The number of ether oxygens (including phenoxy) is 1. The van der Waals surface area contributed by atoms with Gasteiger partial charge < -0.3 is 20.3 Å². The van der Waals surface area contributed by atoms with E-state index in [-0.39, 0.29) is 37.5 Å². The van der Waals surface area contributed by atoms with Gasteiger partial charge in [0.15, 0.2) is 0 Å². The Balaban J connectivity index is 1.86. The van der Waals surface area contributed by atoms with Gasteiger partial charge in [-0.25, -0.2) is 4.79 Å². The molecule has 0 fully saturated rings. The summed E-state index contributed by atoms with van der Waals surface area (Å²) in [6.07, 6.45) is 1.59. The van der Waals surface area contributed by atoms with E-state index in [1.807, 2.05) is 0 Å². The van der Waals surface area contributed by atoms with Crippen molar-refractivity contribution in [2.24, 2.45) is 0 Å². The Morgan fingerprint density at radius 2 is 2.10 bits per heavy atom. The second-order valence-corrected chi connectivity index (χ2v) is 7.13. The van der Waals surface area contributed by atoms with Crippen LogP contribution in [0.4, 0.5) is 4.79 Å². The Morgan fingerprint density at radius 1 is 1.38 bits per heavy atom. The average Bonchev–Trinajstić information content (AvgIpc) is 3.01. The van der Waals surface area contributed by atoms with Gasteiger partial charge >= 0.3 is 6.03 Å². The minimum atomic E-state index is -0.607. The summed E-state index contributed by atoms with van der Waals surface area (Å²) in [7, 11) is 1.54. The van der Waals surface area contributed by atoms with Gasteiger partial charge in [-0.1, -0.05) is 29.8 Å². The summed E-state index contributed by atoms with van der Waals surface area (Å²) < 4.78 is 4.91. The molecule has 2 heterocycles. The normalized spacial score (nSPS) is 18.6. The second-order valence-electron chi connectivity index (χ2n) is 6.70. The molecule has 0 saturated carbocycles. The molecule has 4 amide bonds. The molecule has 1 unspecified atom stereocenters. The van der Waals surface area contributed by atoms with Crippen LogP contribution in [0.15, 0.2) is 48.2 Å². The maximum absolute atomic E-state index is 13.1. The SMILES string of the molecule is C=CCN1C(=O)NC(c2ccc(Cl)cc2)C2=C1CN(CC(=O)NCCOC)C2=O. The number of urea groups is 1. The van der Waals surface area contributed by atoms with Gasteiger partial charge in [0.1, 0.15) is 6.54 Å². The maximum atomic E-state index is 13.1. The molecule has 0 radical (unpaired) electrons. The Bertz CT molecular complexity index is 853. The smallest absolute Gasteiger partial charge is 0.322 e. The first kappa shape index (κ1) is 20.9. The van der Waals surface area contributed by atoms with E-state index in [9.17, 15) is 14.4 Å². The highest BCUT2D eigenvalue weighted by Gasteiger charge is 2.44. The molecule has 2 aliphatic rings. The zero-order chi connectivity index (χ0) is 21.0. The van der Waals surface area contributed by atoms with Crippen molar-refractivity contribution in [3.8, 4) is 0 Å². The number of nitrogens with one attached hydrogen (secondary N) is 2. The lowest BCUT2D eigenvalue weighted by molar-refractivity contribution is -0.132. The Kier molecular flexibility index (Phi) is 6.56. The molecule has 1 aromatic rings. The fraction of sp³-hybridized carbons (Fsp3) is 0.350. The molecule has 0 spiro atoms. The van der Waals surface area contributed by atoms with E-state index in [4.69, 9.17) is 16.3 Å². The first-order chi connectivity index (χ1) is 14.0. The number of carbonyl (C=O) groups is 3. The minimum Gasteiger partial charge on any atom is -0.383 e. The molecular formula is C20H23ClN4O4. The maximum Gasteiger partial charge on any atom is 0.322 e. The van der Waals surface area contributed by atoms with E-state index >= 15 is 0 Å². The van der Waals surface area contributed by atoms with Gasteiger partial charge in [0, 0.05) is 25.2 Å². The fourth-order valence-corrected chi connectivity index (χ4v) is 3.55. The van der Waals surface area contributed by atoms with E-state index in [1.54, 1.807) is 37.5 Å². The summed E-state index contributed by atoms with van der Waals surface area (Å²) in [6.45, 7) is 4.78. The van der Waals surface area contributed by atoms with Gasteiger partial charge in [-0.2, -0.15) is 0 Å². The molecule has 1 aromatic carbocycles. The van der Waals surface area contributed by atoms with Crippen molar-refractivity contribution in [1.29, 1.82) is 0 Å². The fourth-order valence-electron chi connectivity index (χ4n) is 3.43. The lowest BCUT2D eigenvalue weighted by Gasteiger charge is -2.33. The second kappa shape index (κ2) is 9.11. The summed E-state index contributed by atoms with van der Waals surface area (Å²) in [5.74, 6) is -0.566. The number of carbonyl (C=O) groups excluding carboxylic acids is 3. The molecule has 154 valence electrons. The van der Waals surface area contributed by atoms with Crippen LogP contribution in [0.5, 0.6) is 0 Å². The summed E-state index contributed by atoms with van der Waals surface area (Å²) in [6, 6.07) is 6.04. The zero-order valence-corrected chi connectivity index (χ0v) is 16.9. The van der Waals surface area contributed by atoms with Crippen LogP contribution in [-0.2, 0) is 14.3 Å². The van der Waals surface area contributed by atoms with Crippen LogP contribution in [0.3, 0.4) is 0 Å². The molecule has 3 rings (SSSR count). The van der Waals surface area contributed by atoms with Crippen molar-refractivity contribution in [3.05, 3.63) is 58.8 Å². The Hall–Kier alpha value is -2.84.